The summed E-state index contributed by atoms with van der Waals surface area (Å²) in [6.07, 6.45) is -3.19. The first-order valence-electron chi connectivity index (χ1n) is 5.82. The molecule has 2 rings (SSSR count). The summed E-state index contributed by atoms with van der Waals surface area (Å²) in [6.45, 7) is -0.166. The summed E-state index contributed by atoms with van der Waals surface area (Å²) in [5.41, 5.74) is 2.22. The molecular formula is C14H11F3N2O. The zero-order valence-electron chi connectivity index (χ0n) is 10.3. The molecule has 0 spiro atoms. The van der Waals surface area contributed by atoms with E-state index >= 15 is 0 Å². The van der Waals surface area contributed by atoms with Crippen molar-refractivity contribution in [2.24, 2.45) is 0 Å². The lowest BCUT2D eigenvalue weighted by Crippen LogP contribution is -2.36. The number of hydrogen-bond donors (Lipinski definition) is 1. The minimum atomic E-state index is -4.85. The van der Waals surface area contributed by atoms with Crippen LogP contribution < -0.4 is 5.32 Å². The van der Waals surface area contributed by atoms with Crippen LogP contribution in [-0.2, 0) is 11.3 Å². The second kappa shape index (κ2) is 5.73. The molecule has 0 aliphatic rings. The monoisotopic (exact) mass is 280 g/mol. The molecule has 0 radical (unpaired) electrons. The molecule has 0 fully saturated rings. The standard InChI is InChI=1S/C14H11F3N2O/c15-14(16,17)13(20)19-9-10-4-6-11(7-5-10)12-3-1-2-8-18-12/h1-8H,9H2,(H,19,20). The molecule has 1 heterocycles. The van der Waals surface area contributed by atoms with Gasteiger partial charge < -0.3 is 5.32 Å². The highest BCUT2D eigenvalue weighted by molar-refractivity contribution is 5.81. The van der Waals surface area contributed by atoms with Crippen LogP contribution in [0.2, 0.25) is 0 Å². The number of hydrogen-bond acceptors (Lipinski definition) is 2. The van der Waals surface area contributed by atoms with Crippen LogP contribution in [-0.4, -0.2) is 17.1 Å². The third-order valence-electron chi connectivity index (χ3n) is 2.63. The Morgan fingerprint density at radius 3 is 2.35 bits per heavy atom. The molecule has 1 aromatic carbocycles. The van der Waals surface area contributed by atoms with E-state index in [-0.39, 0.29) is 6.54 Å². The normalized spacial score (nSPS) is 11.2. The molecule has 0 saturated heterocycles. The van der Waals surface area contributed by atoms with Gasteiger partial charge in [0, 0.05) is 18.3 Å². The predicted octanol–water partition coefficient (Wildman–Crippen LogP) is 2.93. The van der Waals surface area contributed by atoms with Gasteiger partial charge in [-0.1, -0.05) is 30.3 Å². The van der Waals surface area contributed by atoms with Crippen molar-refractivity contribution in [3.63, 3.8) is 0 Å². The Labute approximate surface area is 113 Å². The van der Waals surface area contributed by atoms with Crippen molar-refractivity contribution in [1.29, 1.82) is 0 Å². The first kappa shape index (κ1) is 14.0. The second-order valence-electron chi connectivity index (χ2n) is 4.09. The van der Waals surface area contributed by atoms with Crippen molar-refractivity contribution in [3.05, 3.63) is 54.2 Å². The van der Waals surface area contributed by atoms with Crippen LogP contribution in [0.5, 0.6) is 0 Å². The Morgan fingerprint density at radius 2 is 1.80 bits per heavy atom. The number of benzene rings is 1. The Bertz CT molecular complexity index is 580. The Hall–Kier alpha value is -2.37. The molecule has 0 saturated carbocycles. The minimum Gasteiger partial charge on any atom is -0.344 e. The smallest absolute Gasteiger partial charge is 0.344 e. The van der Waals surface area contributed by atoms with E-state index in [9.17, 15) is 18.0 Å². The van der Waals surface area contributed by atoms with Gasteiger partial charge in [-0.05, 0) is 17.7 Å². The van der Waals surface area contributed by atoms with Gasteiger partial charge in [0.25, 0.3) is 0 Å². The van der Waals surface area contributed by atoms with Gasteiger partial charge in [0.15, 0.2) is 0 Å². The van der Waals surface area contributed by atoms with Crippen LogP contribution >= 0.6 is 0 Å². The first-order valence-corrected chi connectivity index (χ1v) is 5.82. The van der Waals surface area contributed by atoms with E-state index < -0.39 is 12.1 Å². The van der Waals surface area contributed by atoms with E-state index in [0.29, 0.717) is 5.56 Å². The number of alkyl halides is 3. The van der Waals surface area contributed by atoms with Crippen molar-refractivity contribution < 1.29 is 18.0 Å². The number of pyridine rings is 1. The highest BCUT2D eigenvalue weighted by Crippen LogP contribution is 2.17. The number of nitrogens with zero attached hydrogens (tertiary/aromatic N) is 1. The van der Waals surface area contributed by atoms with E-state index in [1.807, 2.05) is 17.4 Å². The lowest BCUT2D eigenvalue weighted by atomic mass is 10.1. The number of nitrogens with one attached hydrogen (secondary N) is 1. The molecule has 20 heavy (non-hydrogen) atoms. The van der Waals surface area contributed by atoms with Crippen molar-refractivity contribution >= 4 is 5.91 Å². The molecule has 1 amide bonds. The molecule has 0 bridgehead atoms. The molecule has 0 aliphatic carbocycles. The van der Waals surface area contributed by atoms with Gasteiger partial charge in [0.05, 0.1) is 5.69 Å². The number of carbonyl (C=O) groups is 1. The maximum absolute atomic E-state index is 12.0. The fourth-order valence-electron chi connectivity index (χ4n) is 1.61. The Morgan fingerprint density at radius 1 is 1.10 bits per heavy atom. The van der Waals surface area contributed by atoms with Crippen molar-refractivity contribution in [2.45, 2.75) is 12.7 Å². The van der Waals surface area contributed by atoms with Crippen molar-refractivity contribution in [2.75, 3.05) is 0 Å². The maximum atomic E-state index is 12.0. The fraction of sp³-hybridized carbons (Fsp3) is 0.143. The first-order chi connectivity index (χ1) is 9.47. The van der Waals surface area contributed by atoms with Gasteiger partial charge in [-0.3, -0.25) is 9.78 Å². The molecule has 104 valence electrons. The summed E-state index contributed by atoms with van der Waals surface area (Å²) < 4.78 is 36.1. The molecule has 3 nitrogen and oxygen atoms in total. The van der Waals surface area contributed by atoms with E-state index in [1.54, 1.807) is 36.5 Å². The predicted molar refractivity (Wildman–Crippen MR) is 67.6 cm³/mol. The molecular weight excluding hydrogens is 269 g/mol. The molecule has 1 N–H and O–H groups in total. The van der Waals surface area contributed by atoms with E-state index in [1.165, 1.54) is 0 Å². The summed E-state index contributed by atoms with van der Waals surface area (Å²) in [7, 11) is 0. The quantitative estimate of drug-likeness (QED) is 0.939. The Balaban J connectivity index is 2.01. The third-order valence-corrected chi connectivity index (χ3v) is 2.63. The van der Waals surface area contributed by atoms with E-state index in [2.05, 4.69) is 4.98 Å². The number of amides is 1. The average Bonchev–Trinajstić information content (AvgIpc) is 2.45. The average molecular weight is 280 g/mol. The van der Waals surface area contributed by atoms with E-state index in [4.69, 9.17) is 0 Å². The second-order valence-corrected chi connectivity index (χ2v) is 4.09. The van der Waals surface area contributed by atoms with Crippen molar-refractivity contribution in [1.82, 2.24) is 10.3 Å². The largest absolute Gasteiger partial charge is 0.471 e. The summed E-state index contributed by atoms with van der Waals surface area (Å²) >= 11 is 0. The van der Waals surface area contributed by atoms with Crippen molar-refractivity contribution in [3.8, 4) is 11.3 Å². The van der Waals surface area contributed by atoms with Gasteiger partial charge >= 0.3 is 12.1 Å². The van der Waals surface area contributed by atoms with Crippen LogP contribution in [0.15, 0.2) is 48.7 Å². The summed E-state index contributed by atoms with van der Waals surface area (Å²) in [4.78, 5) is 14.8. The number of carbonyl (C=O) groups excluding carboxylic acids is 1. The molecule has 2 aromatic rings. The summed E-state index contributed by atoms with van der Waals surface area (Å²) in [5.74, 6) is -1.94. The third kappa shape index (κ3) is 3.57. The lowest BCUT2D eigenvalue weighted by Gasteiger charge is -2.08. The molecule has 0 aliphatic heterocycles. The highest BCUT2D eigenvalue weighted by atomic mass is 19.4. The highest BCUT2D eigenvalue weighted by Gasteiger charge is 2.38. The Kier molecular flexibility index (Phi) is 4.02. The lowest BCUT2D eigenvalue weighted by molar-refractivity contribution is -0.173. The molecule has 1 aromatic heterocycles. The summed E-state index contributed by atoms with van der Waals surface area (Å²) in [6, 6.07) is 12.3. The zero-order chi connectivity index (χ0) is 14.6. The molecule has 0 unspecified atom stereocenters. The molecule has 0 atom stereocenters. The van der Waals surface area contributed by atoms with Gasteiger partial charge in [-0.2, -0.15) is 13.2 Å². The topological polar surface area (TPSA) is 42.0 Å². The number of rotatable bonds is 3. The van der Waals surface area contributed by atoms with Crippen LogP contribution in [0.3, 0.4) is 0 Å². The number of aromatic nitrogens is 1. The van der Waals surface area contributed by atoms with Crippen LogP contribution in [0.1, 0.15) is 5.56 Å². The van der Waals surface area contributed by atoms with Crippen LogP contribution in [0.4, 0.5) is 13.2 Å². The zero-order valence-corrected chi connectivity index (χ0v) is 10.3. The van der Waals surface area contributed by atoms with Crippen LogP contribution in [0, 0.1) is 0 Å². The van der Waals surface area contributed by atoms with Crippen LogP contribution in [0.25, 0.3) is 11.3 Å². The fourth-order valence-corrected chi connectivity index (χ4v) is 1.61. The van der Waals surface area contributed by atoms with Gasteiger partial charge in [0.1, 0.15) is 0 Å². The van der Waals surface area contributed by atoms with Gasteiger partial charge in [0.2, 0.25) is 0 Å². The van der Waals surface area contributed by atoms with Gasteiger partial charge in [-0.15, -0.1) is 0 Å². The van der Waals surface area contributed by atoms with E-state index in [0.717, 1.165) is 11.3 Å². The maximum Gasteiger partial charge on any atom is 0.471 e. The SMILES string of the molecule is O=C(NCc1ccc(-c2ccccn2)cc1)C(F)(F)F. The summed E-state index contributed by atoms with van der Waals surface area (Å²) in [5, 5.41) is 1.82. The minimum absolute atomic E-state index is 0.166. The number of halogens is 3. The van der Waals surface area contributed by atoms with Gasteiger partial charge in [-0.25, -0.2) is 0 Å². The molecule has 6 heteroatoms.